The molecule has 0 amide bonds. The molecule has 1 aliphatic rings. The van der Waals surface area contributed by atoms with E-state index in [1.807, 2.05) is 29.1 Å². The van der Waals surface area contributed by atoms with Crippen molar-refractivity contribution >= 4 is 34.7 Å². The van der Waals surface area contributed by atoms with Crippen molar-refractivity contribution in [1.82, 2.24) is 24.3 Å². The first-order valence-electron chi connectivity index (χ1n) is 8.66. The summed E-state index contributed by atoms with van der Waals surface area (Å²) in [6, 6.07) is 3.97. The number of nitrogens with zero attached hydrogens (tertiary/aromatic N) is 4. The molecule has 146 valence electrons. The quantitative estimate of drug-likeness (QED) is 0.436. The van der Waals surface area contributed by atoms with Crippen molar-refractivity contribution in [3.8, 4) is 0 Å². The van der Waals surface area contributed by atoms with Crippen LogP contribution in [0.5, 0.6) is 0 Å². The number of hydrogen-bond acceptors (Lipinski definition) is 8. The Hall–Kier alpha value is -2.66. The second kappa shape index (κ2) is 7.40. The predicted octanol–water partition coefficient (Wildman–Crippen LogP) is 1.21. The Morgan fingerprint density at radius 3 is 2.86 bits per heavy atom. The van der Waals surface area contributed by atoms with Crippen LogP contribution < -0.4 is 17.0 Å². The zero-order valence-electron chi connectivity index (χ0n) is 15.0. The number of H-pyrrole nitrogens is 1. The van der Waals surface area contributed by atoms with Gasteiger partial charge in [0.15, 0.2) is 10.9 Å². The lowest BCUT2D eigenvalue weighted by atomic mass is 10.2. The molecule has 0 aliphatic heterocycles. The molecule has 3 heterocycles. The van der Waals surface area contributed by atoms with E-state index in [1.54, 1.807) is 11.3 Å². The van der Waals surface area contributed by atoms with E-state index in [0.717, 1.165) is 18.7 Å². The molecule has 0 bridgehead atoms. The number of anilines is 1. The molecular formula is C17H18N6O3S2. The van der Waals surface area contributed by atoms with Crippen LogP contribution in [0.2, 0.25) is 0 Å². The smallest absolute Gasteiger partial charge is 0.330 e. The number of hydrogen-bond donors (Lipinski definition) is 2. The van der Waals surface area contributed by atoms with Crippen LogP contribution in [0.25, 0.3) is 0 Å². The highest BCUT2D eigenvalue weighted by Crippen LogP contribution is 2.35. The molecule has 4 rings (SSSR count). The lowest BCUT2D eigenvalue weighted by Gasteiger charge is -2.10. The summed E-state index contributed by atoms with van der Waals surface area (Å²) in [7, 11) is 1.84. The Labute approximate surface area is 167 Å². The van der Waals surface area contributed by atoms with Gasteiger partial charge in [-0.3, -0.25) is 19.1 Å². The van der Waals surface area contributed by atoms with Gasteiger partial charge in [0.05, 0.1) is 5.75 Å². The van der Waals surface area contributed by atoms with E-state index in [4.69, 9.17) is 5.73 Å². The fourth-order valence-corrected chi connectivity index (χ4v) is 4.43. The van der Waals surface area contributed by atoms with Gasteiger partial charge in [-0.1, -0.05) is 17.8 Å². The molecule has 11 heteroatoms. The number of thiophene rings is 1. The Balaban J connectivity index is 1.51. The average Bonchev–Trinajstić information content (AvgIpc) is 3.22. The lowest BCUT2D eigenvalue weighted by molar-refractivity contribution is 0.102. The zero-order chi connectivity index (χ0) is 19.8. The number of rotatable bonds is 7. The zero-order valence-corrected chi connectivity index (χ0v) is 16.7. The van der Waals surface area contributed by atoms with Gasteiger partial charge in [-0.25, -0.2) is 4.79 Å². The molecule has 0 aromatic carbocycles. The van der Waals surface area contributed by atoms with Crippen molar-refractivity contribution in [2.75, 3.05) is 11.5 Å². The van der Waals surface area contributed by atoms with E-state index in [-0.39, 0.29) is 23.2 Å². The van der Waals surface area contributed by atoms with Gasteiger partial charge in [-0.05, 0) is 24.3 Å². The minimum Gasteiger partial charge on any atom is -0.384 e. The van der Waals surface area contributed by atoms with Gasteiger partial charge < -0.3 is 10.3 Å². The van der Waals surface area contributed by atoms with Crippen LogP contribution >= 0.6 is 23.1 Å². The molecule has 1 aliphatic carbocycles. The van der Waals surface area contributed by atoms with E-state index in [2.05, 4.69) is 15.2 Å². The Kier molecular flexibility index (Phi) is 4.94. The normalized spacial score (nSPS) is 13.8. The van der Waals surface area contributed by atoms with Crippen LogP contribution in [0.1, 0.15) is 39.9 Å². The number of aromatic nitrogens is 5. The second-order valence-corrected chi connectivity index (χ2v) is 8.52. The maximum absolute atomic E-state index is 12.6. The Morgan fingerprint density at radius 1 is 1.39 bits per heavy atom. The van der Waals surface area contributed by atoms with Gasteiger partial charge >= 0.3 is 5.69 Å². The summed E-state index contributed by atoms with van der Waals surface area (Å²) >= 11 is 2.82. The van der Waals surface area contributed by atoms with Crippen molar-refractivity contribution in [3.05, 3.63) is 54.6 Å². The van der Waals surface area contributed by atoms with Gasteiger partial charge in [-0.2, -0.15) is 0 Å². The molecule has 3 aromatic heterocycles. The largest absolute Gasteiger partial charge is 0.384 e. The van der Waals surface area contributed by atoms with E-state index in [1.165, 1.54) is 21.2 Å². The van der Waals surface area contributed by atoms with Crippen molar-refractivity contribution in [1.29, 1.82) is 0 Å². The molecular weight excluding hydrogens is 400 g/mol. The maximum atomic E-state index is 12.6. The van der Waals surface area contributed by atoms with E-state index in [9.17, 15) is 14.4 Å². The highest BCUT2D eigenvalue weighted by molar-refractivity contribution is 7.99. The molecule has 0 saturated heterocycles. The summed E-state index contributed by atoms with van der Waals surface area (Å²) in [6.45, 7) is 0. The fraction of sp³-hybridized carbons (Fsp3) is 0.353. The average molecular weight is 419 g/mol. The van der Waals surface area contributed by atoms with Crippen molar-refractivity contribution in [2.24, 2.45) is 7.05 Å². The van der Waals surface area contributed by atoms with Crippen LogP contribution in [-0.2, 0) is 13.5 Å². The van der Waals surface area contributed by atoms with Gasteiger partial charge in [0.2, 0.25) is 0 Å². The third-order valence-corrected chi connectivity index (χ3v) is 6.44. The monoisotopic (exact) mass is 418 g/mol. The summed E-state index contributed by atoms with van der Waals surface area (Å²) in [6.07, 6.45) is 2.28. The molecule has 1 saturated carbocycles. The predicted molar refractivity (Wildman–Crippen MR) is 107 cm³/mol. The number of thioether (sulfide) groups is 1. The third kappa shape index (κ3) is 3.54. The Bertz CT molecular complexity index is 1140. The second-order valence-electron chi connectivity index (χ2n) is 6.55. The van der Waals surface area contributed by atoms with Crippen LogP contribution in [0.4, 0.5) is 5.82 Å². The molecule has 1 fully saturated rings. The van der Waals surface area contributed by atoms with E-state index < -0.39 is 17.0 Å². The van der Waals surface area contributed by atoms with Gasteiger partial charge in [0.25, 0.3) is 5.56 Å². The van der Waals surface area contributed by atoms with Crippen LogP contribution in [0.15, 0.2) is 32.3 Å². The summed E-state index contributed by atoms with van der Waals surface area (Å²) in [5.74, 6) is 0.261. The number of nitrogens with one attached hydrogen (secondary N) is 1. The molecule has 3 N–H and O–H groups in total. The number of nitrogen functional groups attached to an aromatic ring is 1. The number of Topliss-reactive ketones (excluding diaryl/α,β-unsaturated/α-hetero) is 1. The number of nitrogens with two attached hydrogens (primary N) is 1. The third-order valence-electron chi connectivity index (χ3n) is 4.54. The maximum Gasteiger partial charge on any atom is 0.330 e. The SMILES string of the molecule is Cn1c(Cc2cccs2)nnc1SCC(=O)c1c(N)n(C2CC2)c(=O)[nH]c1=O. The van der Waals surface area contributed by atoms with Crippen LogP contribution in [-0.4, -0.2) is 35.9 Å². The van der Waals surface area contributed by atoms with E-state index in [0.29, 0.717) is 11.6 Å². The first kappa shape index (κ1) is 18.7. The van der Waals surface area contributed by atoms with Crippen LogP contribution in [0.3, 0.4) is 0 Å². The highest BCUT2D eigenvalue weighted by Gasteiger charge is 2.30. The number of ketones is 1. The highest BCUT2D eigenvalue weighted by atomic mass is 32.2. The first-order valence-corrected chi connectivity index (χ1v) is 10.5. The number of carbonyl (C=O) groups excluding carboxylic acids is 1. The molecule has 0 radical (unpaired) electrons. The van der Waals surface area contributed by atoms with Crippen molar-refractivity contribution < 1.29 is 4.79 Å². The molecule has 9 nitrogen and oxygen atoms in total. The Morgan fingerprint density at radius 2 is 2.18 bits per heavy atom. The van der Waals surface area contributed by atoms with Gasteiger partial charge in [0, 0.05) is 24.4 Å². The van der Waals surface area contributed by atoms with Crippen molar-refractivity contribution in [3.63, 3.8) is 0 Å². The topological polar surface area (TPSA) is 129 Å². The fourth-order valence-electron chi connectivity index (χ4n) is 2.93. The first-order chi connectivity index (χ1) is 13.5. The lowest BCUT2D eigenvalue weighted by Crippen LogP contribution is -2.36. The summed E-state index contributed by atoms with van der Waals surface area (Å²) in [5, 5.41) is 10.9. The minimum absolute atomic E-state index is 0.0267. The van der Waals surface area contributed by atoms with Crippen LogP contribution in [0, 0.1) is 0 Å². The van der Waals surface area contributed by atoms with Gasteiger partial charge in [0.1, 0.15) is 17.2 Å². The van der Waals surface area contributed by atoms with E-state index >= 15 is 0 Å². The summed E-state index contributed by atoms with van der Waals surface area (Å²) < 4.78 is 3.14. The van der Waals surface area contributed by atoms with Crippen molar-refractivity contribution in [2.45, 2.75) is 30.5 Å². The molecule has 3 aromatic rings. The number of carbonyl (C=O) groups is 1. The molecule has 28 heavy (non-hydrogen) atoms. The standard InChI is InChI=1S/C17H18N6O3S2/c1-22-12(7-10-3-2-6-27-10)20-21-17(22)28-8-11(24)13-14(18)23(9-4-5-9)16(26)19-15(13)25/h2-3,6,9H,4-5,7-8,18H2,1H3,(H,19,25,26). The molecule has 0 atom stereocenters. The van der Waals surface area contributed by atoms with Gasteiger partial charge in [-0.15, -0.1) is 21.5 Å². The minimum atomic E-state index is -0.749. The molecule has 0 spiro atoms. The summed E-state index contributed by atoms with van der Waals surface area (Å²) in [5.41, 5.74) is 4.50. The summed E-state index contributed by atoms with van der Waals surface area (Å²) in [4.78, 5) is 40.1. The molecule has 0 unspecified atom stereocenters. The number of aromatic amines is 1.